The van der Waals surface area contributed by atoms with Crippen LogP contribution in [-0.4, -0.2) is 27.4 Å². The van der Waals surface area contributed by atoms with Gasteiger partial charge in [0.1, 0.15) is 0 Å². The van der Waals surface area contributed by atoms with E-state index in [1.54, 1.807) is 6.07 Å². The molecule has 0 bridgehead atoms. The van der Waals surface area contributed by atoms with E-state index in [-0.39, 0.29) is 23.8 Å². The Bertz CT molecular complexity index is 603. The van der Waals surface area contributed by atoms with Crippen molar-refractivity contribution in [3.63, 3.8) is 0 Å². The summed E-state index contributed by atoms with van der Waals surface area (Å²) in [6, 6.07) is 3.26. The van der Waals surface area contributed by atoms with Crippen molar-refractivity contribution >= 4 is 47.8 Å². The quantitative estimate of drug-likeness (QED) is 0.731. The normalized spacial score (nSPS) is 11.4. The molecule has 0 spiro atoms. The van der Waals surface area contributed by atoms with Crippen molar-refractivity contribution in [1.82, 2.24) is 10.0 Å². The summed E-state index contributed by atoms with van der Waals surface area (Å²) < 4.78 is 27.9. The maximum Gasteiger partial charge on any atom is 0.241 e. The predicted octanol–water partition coefficient (Wildman–Crippen LogP) is 2.32. The Hall–Kier alpha value is -0.440. The van der Waals surface area contributed by atoms with Gasteiger partial charge in [0.2, 0.25) is 15.9 Å². The van der Waals surface area contributed by atoms with E-state index < -0.39 is 10.0 Å². The van der Waals surface area contributed by atoms with Gasteiger partial charge in [-0.3, -0.25) is 4.79 Å². The SMILES string of the molecule is CCNC(=O)CCNS(=O)(=O)c1cc(Br)c(C)cc1Br. The Labute approximate surface area is 135 Å². The van der Waals surface area contributed by atoms with Crippen molar-refractivity contribution in [2.24, 2.45) is 0 Å². The van der Waals surface area contributed by atoms with Crippen LogP contribution in [0.2, 0.25) is 0 Å². The Balaban J connectivity index is 2.79. The van der Waals surface area contributed by atoms with E-state index in [1.165, 1.54) is 6.07 Å². The molecule has 0 saturated heterocycles. The van der Waals surface area contributed by atoms with E-state index in [0.717, 1.165) is 5.56 Å². The van der Waals surface area contributed by atoms with Gasteiger partial charge < -0.3 is 5.32 Å². The molecule has 0 radical (unpaired) electrons. The fraction of sp³-hybridized carbons (Fsp3) is 0.417. The van der Waals surface area contributed by atoms with Crippen molar-refractivity contribution in [2.45, 2.75) is 25.2 Å². The number of hydrogen-bond acceptors (Lipinski definition) is 3. The monoisotopic (exact) mass is 426 g/mol. The minimum absolute atomic E-state index is 0.0616. The molecule has 1 rings (SSSR count). The van der Waals surface area contributed by atoms with Crippen LogP contribution >= 0.6 is 31.9 Å². The summed E-state index contributed by atoms with van der Waals surface area (Å²) >= 11 is 6.55. The van der Waals surface area contributed by atoms with Crippen LogP contribution in [0.1, 0.15) is 18.9 Å². The number of sulfonamides is 1. The lowest BCUT2D eigenvalue weighted by Crippen LogP contribution is -2.30. The Kier molecular flexibility index (Phi) is 6.63. The van der Waals surface area contributed by atoms with Crippen molar-refractivity contribution in [1.29, 1.82) is 0 Å². The van der Waals surface area contributed by atoms with Gasteiger partial charge in [-0.15, -0.1) is 0 Å². The molecule has 2 N–H and O–H groups in total. The second-order valence-electron chi connectivity index (χ2n) is 4.13. The van der Waals surface area contributed by atoms with Crippen LogP contribution in [0.4, 0.5) is 0 Å². The Morgan fingerprint density at radius 2 is 1.90 bits per heavy atom. The molecule has 0 aromatic heterocycles. The second kappa shape index (κ2) is 7.53. The number of rotatable bonds is 6. The highest BCUT2D eigenvalue weighted by Gasteiger charge is 2.19. The molecule has 0 saturated carbocycles. The summed E-state index contributed by atoms with van der Waals surface area (Å²) in [5.41, 5.74) is 0.929. The van der Waals surface area contributed by atoms with Crippen molar-refractivity contribution in [3.05, 3.63) is 26.6 Å². The maximum atomic E-state index is 12.2. The molecular formula is C12H16Br2N2O3S. The Morgan fingerprint density at radius 3 is 2.50 bits per heavy atom. The molecule has 0 fully saturated rings. The maximum absolute atomic E-state index is 12.2. The zero-order valence-electron chi connectivity index (χ0n) is 11.2. The first-order chi connectivity index (χ1) is 9.27. The zero-order chi connectivity index (χ0) is 15.3. The molecule has 1 aromatic carbocycles. The van der Waals surface area contributed by atoms with Gasteiger partial charge in [0, 0.05) is 28.5 Å². The van der Waals surface area contributed by atoms with Crippen LogP contribution in [0.5, 0.6) is 0 Å². The predicted molar refractivity (Wildman–Crippen MR) is 85.1 cm³/mol. The molecule has 0 aliphatic carbocycles. The molecule has 0 aliphatic heterocycles. The van der Waals surface area contributed by atoms with Gasteiger partial charge in [-0.05, 0) is 47.5 Å². The third kappa shape index (κ3) is 4.83. The van der Waals surface area contributed by atoms with Gasteiger partial charge >= 0.3 is 0 Å². The summed E-state index contributed by atoms with van der Waals surface area (Å²) in [6.45, 7) is 4.27. The second-order valence-corrected chi connectivity index (χ2v) is 7.58. The standard InChI is InChI=1S/C12H16Br2N2O3S/c1-3-15-12(17)4-5-16-20(18,19)11-7-9(13)8(2)6-10(11)14/h6-7,16H,3-5H2,1-2H3,(H,15,17). The van der Waals surface area contributed by atoms with Crippen LogP contribution in [0.25, 0.3) is 0 Å². The highest BCUT2D eigenvalue weighted by molar-refractivity contribution is 9.11. The fourth-order valence-electron chi connectivity index (χ4n) is 1.50. The van der Waals surface area contributed by atoms with Crippen molar-refractivity contribution < 1.29 is 13.2 Å². The molecule has 0 heterocycles. The summed E-state index contributed by atoms with van der Waals surface area (Å²) in [5, 5.41) is 2.61. The van der Waals surface area contributed by atoms with Crippen LogP contribution in [0.15, 0.2) is 26.0 Å². The summed E-state index contributed by atoms with van der Waals surface area (Å²) in [4.78, 5) is 11.4. The number of hydrogen-bond donors (Lipinski definition) is 2. The van der Waals surface area contributed by atoms with Gasteiger partial charge in [-0.25, -0.2) is 13.1 Å². The number of halogens is 2. The zero-order valence-corrected chi connectivity index (χ0v) is 15.2. The number of benzene rings is 1. The minimum atomic E-state index is -3.65. The van der Waals surface area contributed by atoms with Crippen LogP contribution < -0.4 is 10.0 Å². The fourth-order valence-corrected chi connectivity index (χ4v) is 4.20. The molecule has 8 heteroatoms. The molecule has 1 aromatic rings. The van der Waals surface area contributed by atoms with E-state index in [2.05, 4.69) is 41.9 Å². The van der Waals surface area contributed by atoms with E-state index >= 15 is 0 Å². The molecule has 0 atom stereocenters. The molecule has 112 valence electrons. The number of nitrogens with one attached hydrogen (secondary N) is 2. The van der Waals surface area contributed by atoms with E-state index in [0.29, 0.717) is 15.5 Å². The number of aryl methyl sites for hydroxylation is 1. The van der Waals surface area contributed by atoms with Crippen LogP contribution in [0.3, 0.4) is 0 Å². The van der Waals surface area contributed by atoms with Gasteiger partial charge in [0.25, 0.3) is 0 Å². The molecule has 1 amide bonds. The number of carbonyl (C=O) groups excluding carboxylic acids is 1. The van der Waals surface area contributed by atoms with Crippen LogP contribution in [0, 0.1) is 6.92 Å². The van der Waals surface area contributed by atoms with Crippen molar-refractivity contribution in [3.8, 4) is 0 Å². The number of amides is 1. The smallest absolute Gasteiger partial charge is 0.241 e. The molecule has 5 nitrogen and oxygen atoms in total. The van der Waals surface area contributed by atoms with Gasteiger partial charge in [-0.1, -0.05) is 15.9 Å². The van der Waals surface area contributed by atoms with E-state index in [9.17, 15) is 13.2 Å². The minimum Gasteiger partial charge on any atom is -0.356 e. The first kappa shape index (κ1) is 17.6. The van der Waals surface area contributed by atoms with Crippen molar-refractivity contribution in [2.75, 3.05) is 13.1 Å². The molecular weight excluding hydrogens is 412 g/mol. The molecule has 0 aliphatic rings. The first-order valence-corrected chi connectivity index (χ1v) is 9.07. The number of carbonyl (C=O) groups is 1. The lowest BCUT2D eigenvalue weighted by Gasteiger charge is -2.10. The topological polar surface area (TPSA) is 75.3 Å². The van der Waals surface area contributed by atoms with E-state index in [4.69, 9.17) is 0 Å². The van der Waals surface area contributed by atoms with Gasteiger partial charge in [-0.2, -0.15) is 0 Å². The largest absolute Gasteiger partial charge is 0.356 e. The van der Waals surface area contributed by atoms with Gasteiger partial charge in [0.15, 0.2) is 0 Å². The third-order valence-electron chi connectivity index (χ3n) is 2.52. The first-order valence-electron chi connectivity index (χ1n) is 6.00. The average Bonchev–Trinajstić information content (AvgIpc) is 2.33. The summed E-state index contributed by atoms with van der Waals surface area (Å²) in [7, 11) is -3.65. The molecule has 0 unspecified atom stereocenters. The highest BCUT2D eigenvalue weighted by atomic mass is 79.9. The summed E-state index contributed by atoms with van der Waals surface area (Å²) in [5.74, 6) is -0.181. The van der Waals surface area contributed by atoms with Crippen LogP contribution in [-0.2, 0) is 14.8 Å². The highest BCUT2D eigenvalue weighted by Crippen LogP contribution is 2.28. The van der Waals surface area contributed by atoms with Gasteiger partial charge in [0.05, 0.1) is 4.90 Å². The lowest BCUT2D eigenvalue weighted by atomic mass is 10.2. The Morgan fingerprint density at radius 1 is 1.25 bits per heavy atom. The summed E-state index contributed by atoms with van der Waals surface area (Å²) in [6.07, 6.45) is 0.109. The molecule has 20 heavy (non-hydrogen) atoms. The lowest BCUT2D eigenvalue weighted by molar-refractivity contribution is -0.120. The average molecular weight is 428 g/mol. The van der Waals surface area contributed by atoms with E-state index in [1.807, 2.05) is 13.8 Å². The third-order valence-corrected chi connectivity index (χ3v) is 5.79.